The Morgan fingerprint density at radius 2 is 2.07 bits per heavy atom. The van der Waals surface area contributed by atoms with Gasteiger partial charge in [0.15, 0.2) is 6.19 Å². The lowest BCUT2D eigenvalue weighted by molar-refractivity contribution is -0.125. The quantitative estimate of drug-likeness (QED) is 0.621. The first kappa shape index (κ1) is 20.2. The highest BCUT2D eigenvalue weighted by Crippen LogP contribution is 2.34. The van der Waals surface area contributed by atoms with Crippen molar-refractivity contribution in [2.45, 2.75) is 25.2 Å². The molecule has 0 saturated carbocycles. The number of piperidine rings is 1. The standard InChI is InChI=1S/C20H23ClFN5O/c1-25-19(15-7-8-26(12-23)11-17(15)24)20(28)27-9-5-13(6-10-27)14-3-2-4-16(22)18(14)21/h2-4,13H,5-11,24H2,1H3. The van der Waals surface area contributed by atoms with E-state index in [4.69, 9.17) is 22.6 Å². The van der Waals surface area contributed by atoms with Crippen molar-refractivity contribution in [2.75, 3.05) is 33.2 Å². The number of halogens is 2. The zero-order chi connectivity index (χ0) is 20.3. The van der Waals surface area contributed by atoms with Crippen LogP contribution in [0.3, 0.4) is 0 Å². The van der Waals surface area contributed by atoms with E-state index in [9.17, 15) is 9.18 Å². The molecule has 1 saturated heterocycles. The highest BCUT2D eigenvalue weighted by molar-refractivity contribution is 6.45. The third kappa shape index (κ3) is 3.97. The summed E-state index contributed by atoms with van der Waals surface area (Å²) < 4.78 is 13.7. The lowest BCUT2D eigenvalue weighted by atomic mass is 9.89. The van der Waals surface area contributed by atoms with Crippen molar-refractivity contribution in [3.8, 4) is 6.19 Å². The summed E-state index contributed by atoms with van der Waals surface area (Å²) in [7, 11) is 1.59. The van der Waals surface area contributed by atoms with Crippen LogP contribution in [0.1, 0.15) is 30.7 Å². The molecule has 28 heavy (non-hydrogen) atoms. The molecule has 1 amide bonds. The fourth-order valence-corrected chi connectivity index (χ4v) is 4.16. The van der Waals surface area contributed by atoms with Gasteiger partial charge in [0.1, 0.15) is 11.5 Å². The molecule has 0 aromatic heterocycles. The maximum Gasteiger partial charge on any atom is 0.272 e. The summed E-state index contributed by atoms with van der Waals surface area (Å²) in [6, 6.07) is 4.87. The van der Waals surface area contributed by atoms with Crippen molar-refractivity contribution in [2.24, 2.45) is 10.7 Å². The highest BCUT2D eigenvalue weighted by Gasteiger charge is 2.31. The van der Waals surface area contributed by atoms with Crippen LogP contribution in [0.4, 0.5) is 4.39 Å². The number of hydrogen-bond donors (Lipinski definition) is 1. The highest BCUT2D eigenvalue weighted by atomic mass is 35.5. The largest absolute Gasteiger partial charge is 0.400 e. The molecule has 2 heterocycles. The van der Waals surface area contributed by atoms with Crippen molar-refractivity contribution in [3.05, 3.63) is 45.9 Å². The first-order valence-electron chi connectivity index (χ1n) is 9.28. The number of likely N-dealkylation sites (tertiary alicyclic amines) is 1. The van der Waals surface area contributed by atoms with Crippen LogP contribution in [0.25, 0.3) is 0 Å². The van der Waals surface area contributed by atoms with Gasteiger partial charge in [-0.1, -0.05) is 23.7 Å². The van der Waals surface area contributed by atoms with Crippen molar-refractivity contribution in [3.63, 3.8) is 0 Å². The lowest BCUT2D eigenvalue weighted by Crippen LogP contribution is -2.44. The Labute approximate surface area is 169 Å². The number of hydrogen-bond acceptors (Lipinski definition) is 5. The molecule has 0 radical (unpaired) electrons. The number of rotatable bonds is 3. The predicted molar refractivity (Wildman–Crippen MR) is 106 cm³/mol. The van der Waals surface area contributed by atoms with E-state index < -0.39 is 5.82 Å². The summed E-state index contributed by atoms with van der Waals surface area (Å²) in [6.07, 6.45) is 4.02. The summed E-state index contributed by atoms with van der Waals surface area (Å²) in [4.78, 5) is 20.6. The Kier molecular flexibility index (Phi) is 6.20. The molecule has 1 fully saturated rings. The van der Waals surface area contributed by atoms with Crippen molar-refractivity contribution in [1.29, 1.82) is 5.26 Å². The molecule has 0 atom stereocenters. The molecule has 1 aromatic carbocycles. The van der Waals surface area contributed by atoms with Crippen LogP contribution in [0.15, 0.2) is 34.5 Å². The monoisotopic (exact) mass is 403 g/mol. The minimum absolute atomic E-state index is 0.123. The first-order chi connectivity index (χ1) is 13.5. The number of benzene rings is 1. The fraction of sp³-hybridized carbons (Fsp3) is 0.450. The topological polar surface area (TPSA) is 85.7 Å². The molecule has 0 bridgehead atoms. The molecule has 2 aliphatic heterocycles. The van der Waals surface area contributed by atoms with E-state index in [1.807, 2.05) is 6.07 Å². The van der Waals surface area contributed by atoms with Gasteiger partial charge in [0.05, 0.1) is 11.6 Å². The van der Waals surface area contributed by atoms with Gasteiger partial charge in [-0.15, -0.1) is 0 Å². The van der Waals surface area contributed by atoms with Crippen LogP contribution in [-0.4, -0.2) is 54.6 Å². The summed E-state index contributed by atoms with van der Waals surface area (Å²) >= 11 is 6.12. The molecule has 1 aromatic rings. The van der Waals surface area contributed by atoms with Gasteiger partial charge in [-0.05, 0) is 36.8 Å². The fourth-order valence-electron chi connectivity index (χ4n) is 3.88. The molecular formula is C20H23ClFN5O. The van der Waals surface area contributed by atoms with E-state index >= 15 is 0 Å². The van der Waals surface area contributed by atoms with Crippen LogP contribution in [0, 0.1) is 17.3 Å². The zero-order valence-electron chi connectivity index (χ0n) is 15.8. The van der Waals surface area contributed by atoms with E-state index in [1.54, 1.807) is 22.9 Å². The second-order valence-electron chi connectivity index (χ2n) is 7.06. The van der Waals surface area contributed by atoms with E-state index in [1.165, 1.54) is 6.07 Å². The molecule has 3 rings (SSSR count). The Morgan fingerprint density at radius 3 is 2.68 bits per heavy atom. The van der Waals surface area contributed by atoms with E-state index in [-0.39, 0.29) is 16.8 Å². The van der Waals surface area contributed by atoms with Gasteiger partial charge in [0.25, 0.3) is 5.91 Å². The third-order valence-electron chi connectivity index (χ3n) is 5.44. The van der Waals surface area contributed by atoms with Crippen molar-refractivity contribution in [1.82, 2.24) is 9.80 Å². The molecule has 0 spiro atoms. The van der Waals surface area contributed by atoms with E-state index in [2.05, 4.69) is 11.2 Å². The average Bonchev–Trinajstić information content (AvgIpc) is 2.71. The smallest absolute Gasteiger partial charge is 0.272 e. The summed E-state index contributed by atoms with van der Waals surface area (Å²) in [5.74, 6) is -0.434. The first-order valence-corrected chi connectivity index (χ1v) is 9.66. The van der Waals surface area contributed by atoms with E-state index in [0.717, 1.165) is 11.1 Å². The average molecular weight is 404 g/mol. The van der Waals surface area contributed by atoms with E-state index in [0.29, 0.717) is 56.9 Å². The van der Waals surface area contributed by atoms with Crippen LogP contribution in [0.5, 0.6) is 0 Å². The number of carbonyl (C=O) groups is 1. The Morgan fingerprint density at radius 1 is 1.36 bits per heavy atom. The van der Waals surface area contributed by atoms with Gasteiger partial charge in [-0.3, -0.25) is 9.79 Å². The molecular weight excluding hydrogens is 381 g/mol. The molecule has 0 aliphatic carbocycles. The maximum atomic E-state index is 13.7. The number of amides is 1. The minimum atomic E-state index is -0.413. The summed E-state index contributed by atoms with van der Waals surface area (Å²) in [6.45, 7) is 1.94. The summed E-state index contributed by atoms with van der Waals surface area (Å²) in [5, 5.41) is 9.19. The van der Waals surface area contributed by atoms with Gasteiger partial charge in [-0.25, -0.2) is 4.39 Å². The van der Waals surface area contributed by atoms with Crippen LogP contribution in [0.2, 0.25) is 5.02 Å². The number of nitriles is 1. The van der Waals surface area contributed by atoms with Crippen molar-refractivity contribution >= 4 is 23.2 Å². The van der Waals surface area contributed by atoms with Gasteiger partial charge >= 0.3 is 0 Å². The number of carbonyl (C=O) groups excluding carboxylic acids is 1. The molecule has 8 heteroatoms. The second-order valence-corrected chi connectivity index (χ2v) is 7.44. The molecule has 2 N–H and O–H groups in total. The van der Waals surface area contributed by atoms with Crippen LogP contribution >= 0.6 is 11.6 Å². The third-order valence-corrected chi connectivity index (χ3v) is 5.84. The summed E-state index contributed by atoms with van der Waals surface area (Å²) in [5.41, 5.74) is 8.52. The number of nitrogens with two attached hydrogens (primary N) is 1. The van der Waals surface area contributed by atoms with Crippen LogP contribution < -0.4 is 5.73 Å². The van der Waals surface area contributed by atoms with Gasteiger partial charge in [-0.2, -0.15) is 5.26 Å². The Bertz CT molecular complexity index is 868. The Balaban J connectivity index is 1.69. The van der Waals surface area contributed by atoms with Gasteiger partial charge in [0, 0.05) is 38.0 Å². The molecule has 148 valence electrons. The second kappa shape index (κ2) is 8.61. The lowest BCUT2D eigenvalue weighted by Gasteiger charge is -2.34. The Hall–Kier alpha value is -2.59. The van der Waals surface area contributed by atoms with Crippen LogP contribution in [-0.2, 0) is 4.79 Å². The number of aliphatic imine (C=N–C) groups is 1. The molecule has 6 nitrogen and oxygen atoms in total. The molecule has 2 aliphatic rings. The zero-order valence-corrected chi connectivity index (χ0v) is 16.5. The normalized spacial score (nSPS) is 19.0. The predicted octanol–water partition coefficient (Wildman–Crippen LogP) is 2.66. The maximum absolute atomic E-state index is 13.7. The molecule has 0 unspecified atom stereocenters. The van der Waals surface area contributed by atoms with Gasteiger partial charge < -0.3 is 15.5 Å². The minimum Gasteiger partial charge on any atom is -0.400 e. The van der Waals surface area contributed by atoms with Gasteiger partial charge in [0.2, 0.25) is 0 Å². The SMILES string of the molecule is CN=C(C(=O)N1CCC(c2cccc(F)c2Cl)CC1)C1=C(N)CN(C#N)CC1. The number of nitrogens with zero attached hydrogens (tertiary/aromatic N) is 4. The van der Waals surface area contributed by atoms with Crippen molar-refractivity contribution < 1.29 is 9.18 Å².